The summed E-state index contributed by atoms with van der Waals surface area (Å²) in [6.45, 7) is 1.92. The average molecular weight is 492 g/mol. The number of ether oxygens (including phenoxy) is 1. The summed E-state index contributed by atoms with van der Waals surface area (Å²) in [5.41, 5.74) is -1.10. The van der Waals surface area contributed by atoms with Gasteiger partial charge in [0.15, 0.2) is 0 Å². The smallest absolute Gasteiger partial charge is 0.381 e. The number of hydrogen-bond donors (Lipinski definition) is 1. The predicted molar refractivity (Wildman–Crippen MR) is 114 cm³/mol. The number of piperidine rings is 1. The van der Waals surface area contributed by atoms with E-state index in [1.54, 1.807) is 0 Å². The van der Waals surface area contributed by atoms with Gasteiger partial charge in [0.1, 0.15) is 5.56 Å². The second-order valence-corrected chi connectivity index (χ2v) is 11.0. The number of nitrogens with one attached hydrogen (secondary N) is 1. The number of alkyl halides is 3. The van der Waals surface area contributed by atoms with E-state index in [4.69, 9.17) is 4.74 Å². The highest BCUT2D eigenvalue weighted by atomic mass is 32.2. The van der Waals surface area contributed by atoms with Crippen molar-refractivity contribution in [2.75, 3.05) is 37.9 Å². The van der Waals surface area contributed by atoms with E-state index in [2.05, 4.69) is 20.3 Å². The molecule has 176 valence electrons. The first-order chi connectivity index (χ1) is 15.1. The third kappa shape index (κ3) is 5.38. The molecule has 13 heteroatoms. The molecule has 0 radical (unpaired) electrons. The molecule has 2 aliphatic heterocycles. The van der Waals surface area contributed by atoms with Gasteiger partial charge in [-0.05, 0) is 25.7 Å². The zero-order valence-electron chi connectivity index (χ0n) is 17.4. The van der Waals surface area contributed by atoms with Crippen LogP contribution in [-0.4, -0.2) is 66.3 Å². The SMILES string of the molecule is CS(=O)(=O)N1CCC(Nc2ncc(C(F)(F)F)c(-c3cnc(C4CCOCC4)s3)n2)CC1. The second kappa shape index (κ2) is 9.20. The minimum Gasteiger partial charge on any atom is -0.381 e. The van der Waals surface area contributed by atoms with Crippen molar-refractivity contribution in [3.63, 3.8) is 0 Å². The van der Waals surface area contributed by atoms with Crippen molar-refractivity contribution < 1.29 is 26.3 Å². The molecule has 0 atom stereocenters. The van der Waals surface area contributed by atoms with E-state index in [1.165, 1.54) is 21.8 Å². The number of nitrogens with zero attached hydrogens (tertiary/aromatic N) is 4. The molecular weight excluding hydrogens is 467 g/mol. The summed E-state index contributed by atoms with van der Waals surface area (Å²) in [5, 5.41) is 3.86. The van der Waals surface area contributed by atoms with E-state index in [1.807, 2.05) is 0 Å². The first-order valence-corrected chi connectivity index (χ1v) is 13.0. The van der Waals surface area contributed by atoms with Gasteiger partial charge in [0.25, 0.3) is 0 Å². The molecule has 0 spiro atoms. The Bertz CT molecular complexity index is 1050. The van der Waals surface area contributed by atoms with Crippen LogP contribution in [-0.2, 0) is 20.9 Å². The molecule has 0 bridgehead atoms. The number of halogens is 3. The van der Waals surface area contributed by atoms with Crippen LogP contribution in [0.3, 0.4) is 0 Å². The number of sulfonamides is 1. The Labute approximate surface area is 188 Å². The van der Waals surface area contributed by atoms with Crippen molar-refractivity contribution in [3.05, 3.63) is 23.0 Å². The minimum atomic E-state index is -4.60. The molecule has 2 saturated heterocycles. The molecule has 8 nitrogen and oxygen atoms in total. The quantitative estimate of drug-likeness (QED) is 0.685. The summed E-state index contributed by atoms with van der Waals surface area (Å²) in [4.78, 5) is 12.8. The fourth-order valence-electron chi connectivity index (χ4n) is 3.89. The Morgan fingerprint density at radius 1 is 1.12 bits per heavy atom. The van der Waals surface area contributed by atoms with Crippen LogP contribution < -0.4 is 5.32 Å². The summed E-state index contributed by atoms with van der Waals surface area (Å²) >= 11 is 1.22. The average Bonchev–Trinajstić information content (AvgIpc) is 3.24. The number of thiazole rings is 1. The first-order valence-electron chi connectivity index (χ1n) is 10.3. The molecule has 0 aliphatic carbocycles. The van der Waals surface area contributed by atoms with Gasteiger partial charge in [-0.1, -0.05) is 0 Å². The maximum Gasteiger partial charge on any atom is 0.420 e. The highest BCUT2D eigenvalue weighted by molar-refractivity contribution is 7.88. The van der Waals surface area contributed by atoms with Crippen LogP contribution in [0.4, 0.5) is 19.1 Å². The van der Waals surface area contributed by atoms with Crippen LogP contribution in [0.5, 0.6) is 0 Å². The molecule has 0 saturated carbocycles. The first kappa shape index (κ1) is 23.3. The summed E-state index contributed by atoms with van der Waals surface area (Å²) in [7, 11) is -3.26. The van der Waals surface area contributed by atoms with E-state index in [-0.39, 0.29) is 23.6 Å². The van der Waals surface area contributed by atoms with Crippen molar-refractivity contribution in [1.82, 2.24) is 19.3 Å². The van der Waals surface area contributed by atoms with E-state index < -0.39 is 21.8 Å². The lowest BCUT2D eigenvalue weighted by atomic mass is 10.0. The van der Waals surface area contributed by atoms with Gasteiger partial charge in [0.05, 0.1) is 21.8 Å². The second-order valence-electron chi connectivity index (χ2n) is 7.98. The number of rotatable bonds is 5. The van der Waals surface area contributed by atoms with Crippen molar-refractivity contribution in [2.45, 2.75) is 43.8 Å². The van der Waals surface area contributed by atoms with Crippen LogP contribution in [0.1, 0.15) is 42.2 Å². The molecule has 0 aromatic carbocycles. The molecule has 0 unspecified atom stereocenters. The summed E-state index contributed by atoms with van der Waals surface area (Å²) in [5.74, 6) is 0.267. The fraction of sp³-hybridized carbons (Fsp3) is 0.632. The largest absolute Gasteiger partial charge is 0.420 e. The lowest BCUT2D eigenvalue weighted by Crippen LogP contribution is -2.42. The lowest BCUT2D eigenvalue weighted by molar-refractivity contribution is -0.137. The van der Waals surface area contributed by atoms with Crippen molar-refractivity contribution in [3.8, 4) is 10.6 Å². The zero-order valence-corrected chi connectivity index (χ0v) is 19.1. The van der Waals surface area contributed by atoms with Crippen LogP contribution in [0.25, 0.3) is 10.6 Å². The van der Waals surface area contributed by atoms with Crippen LogP contribution in [0.2, 0.25) is 0 Å². The van der Waals surface area contributed by atoms with Crippen molar-refractivity contribution in [2.24, 2.45) is 0 Å². The number of aromatic nitrogens is 3. The summed E-state index contributed by atoms with van der Waals surface area (Å²) < 4.78 is 71.0. The zero-order chi connectivity index (χ0) is 22.9. The van der Waals surface area contributed by atoms with Crippen molar-refractivity contribution in [1.29, 1.82) is 0 Å². The van der Waals surface area contributed by atoms with Gasteiger partial charge in [-0.3, -0.25) is 0 Å². The number of anilines is 1. The highest BCUT2D eigenvalue weighted by Gasteiger charge is 2.36. The van der Waals surface area contributed by atoms with Gasteiger partial charge in [0.2, 0.25) is 16.0 Å². The predicted octanol–water partition coefficient (Wildman–Crippen LogP) is 3.35. The minimum absolute atomic E-state index is 0.0896. The van der Waals surface area contributed by atoms with E-state index in [9.17, 15) is 21.6 Å². The lowest BCUT2D eigenvalue weighted by Gasteiger charge is -2.30. The summed E-state index contributed by atoms with van der Waals surface area (Å²) in [6, 6.07) is -0.128. The van der Waals surface area contributed by atoms with Crippen molar-refractivity contribution >= 4 is 27.3 Å². The molecule has 2 aliphatic rings. The van der Waals surface area contributed by atoms with Gasteiger partial charge in [-0.2, -0.15) is 13.2 Å². The molecule has 32 heavy (non-hydrogen) atoms. The Kier molecular flexibility index (Phi) is 6.71. The Morgan fingerprint density at radius 3 is 2.44 bits per heavy atom. The Hall–Kier alpha value is -1.83. The standard InChI is InChI=1S/C19H24F3N5O3S2/c1-32(28,29)27-6-2-13(3-7-27)25-18-24-10-14(19(20,21)22)16(26-18)15-11-23-17(31-15)12-4-8-30-9-5-12/h10-13H,2-9H2,1H3,(H,24,25,26). The van der Waals surface area contributed by atoms with E-state index in [0.29, 0.717) is 44.0 Å². The van der Waals surface area contributed by atoms with Gasteiger partial charge in [-0.25, -0.2) is 27.7 Å². The molecule has 4 rings (SSSR count). The van der Waals surface area contributed by atoms with Crippen LogP contribution in [0.15, 0.2) is 12.4 Å². The van der Waals surface area contributed by atoms with Gasteiger partial charge in [-0.15, -0.1) is 11.3 Å². The van der Waals surface area contributed by atoms with Gasteiger partial charge >= 0.3 is 6.18 Å². The third-order valence-corrected chi connectivity index (χ3v) is 8.15. The molecule has 2 aromatic rings. The monoisotopic (exact) mass is 491 g/mol. The van der Waals surface area contributed by atoms with Gasteiger partial charge in [0, 0.05) is 50.7 Å². The fourth-order valence-corrected chi connectivity index (χ4v) is 5.86. The van der Waals surface area contributed by atoms with E-state index >= 15 is 0 Å². The summed E-state index contributed by atoms with van der Waals surface area (Å²) in [6.07, 6.45) is 1.42. The van der Waals surface area contributed by atoms with Gasteiger partial charge < -0.3 is 10.1 Å². The maximum absolute atomic E-state index is 13.6. The normalized spacial score (nSPS) is 19.9. The molecular formula is C19H24F3N5O3S2. The van der Waals surface area contributed by atoms with Crippen LogP contribution in [0, 0.1) is 0 Å². The molecule has 4 heterocycles. The molecule has 2 aromatic heterocycles. The molecule has 1 N–H and O–H groups in total. The molecule has 0 amide bonds. The Balaban J connectivity index is 1.55. The molecule has 2 fully saturated rings. The number of hydrogen-bond acceptors (Lipinski definition) is 8. The third-order valence-electron chi connectivity index (χ3n) is 5.68. The van der Waals surface area contributed by atoms with E-state index in [0.717, 1.165) is 30.3 Å². The highest BCUT2D eigenvalue weighted by Crippen LogP contribution is 2.40. The topological polar surface area (TPSA) is 97.3 Å². The maximum atomic E-state index is 13.6. The van der Waals surface area contributed by atoms with Crippen LogP contribution >= 0.6 is 11.3 Å². The Morgan fingerprint density at radius 2 is 1.81 bits per heavy atom.